The molecule has 0 aromatic heterocycles. The number of nitrogens with zero attached hydrogens (tertiary/aromatic N) is 3. The molecule has 1 aromatic rings. The molecular weight excluding hydrogens is 410 g/mol. The molecule has 4 aliphatic rings. The van der Waals surface area contributed by atoms with Gasteiger partial charge in [0.2, 0.25) is 17.7 Å². The van der Waals surface area contributed by atoms with E-state index in [1.807, 2.05) is 17.0 Å². The maximum absolute atomic E-state index is 12.9. The van der Waals surface area contributed by atoms with Gasteiger partial charge in [-0.25, -0.2) is 0 Å². The minimum Gasteiger partial charge on any atom is -0.337 e. The quantitative estimate of drug-likeness (QED) is 0.633. The lowest BCUT2D eigenvalue weighted by Crippen LogP contribution is -2.55. The Labute approximate surface area is 187 Å². The van der Waals surface area contributed by atoms with Crippen molar-refractivity contribution < 1.29 is 19.2 Å². The molecule has 0 spiro atoms. The largest absolute Gasteiger partial charge is 0.337 e. The Morgan fingerprint density at radius 2 is 1.78 bits per heavy atom. The predicted octanol–water partition coefficient (Wildman–Crippen LogP) is -0.156. The molecule has 0 saturated carbocycles. The molecule has 1 atom stereocenters. The highest BCUT2D eigenvalue weighted by Gasteiger charge is 2.39. The fourth-order valence-electron chi connectivity index (χ4n) is 5.38. The van der Waals surface area contributed by atoms with Crippen molar-refractivity contribution in [1.82, 2.24) is 25.3 Å². The first-order valence-corrected chi connectivity index (χ1v) is 11.5. The highest BCUT2D eigenvalue weighted by molar-refractivity contribution is 6.05. The summed E-state index contributed by atoms with van der Waals surface area (Å²) in [6, 6.07) is 5.69. The molecule has 9 nitrogen and oxygen atoms in total. The molecule has 4 aliphatic heterocycles. The van der Waals surface area contributed by atoms with Crippen LogP contribution in [0, 0.1) is 0 Å². The van der Waals surface area contributed by atoms with Crippen LogP contribution in [0.2, 0.25) is 0 Å². The summed E-state index contributed by atoms with van der Waals surface area (Å²) in [6.07, 6.45) is 2.61. The third-order valence-electron chi connectivity index (χ3n) is 7.12. The van der Waals surface area contributed by atoms with Crippen LogP contribution in [-0.4, -0.2) is 83.1 Å². The van der Waals surface area contributed by atoms with Gasteiger partial charge in [-0.05, 0) is 36.5 Å². The monoisotopic (exact) mass is 439 g/mol. The zero-order chi connectivity index (χ0) is 22.2. The minimum absolute atomic E-state index is 0.137. The molecule has 0 radical (unpaired) electrons. The van der Waals surface area contributed by atoms with Crippen LogP contribution < -0.4 is 10.6 Å². The number of nitrogens with one attached hydrogen (secondary N) is 2. The van der Waals surface area contributed by atoms with E-state index in [1.54, 1.807) is 4.90 Å². The number of benzene rings is 1. The van der Waals surface area contributed by atoms with Crippen LogP contribution in [0.3, 0.4) is 0 Å². The topological polar surface area (TPSA) is 102 Å². The Morgan fingerprint density at radius 1 is 0.969 bits per heavy atom. The Kier molecular flexibility index (Phi) is 5.69. The Balaban J connectivity index is 1.19. The lowest BCUT2D eigenvalue weighted by molar-refractivity contribution is -0.137. The van der Waals surface area contributed by atoms with Crippen LogP contribution in [-0.2, 0) is 27.5 Å². The number of amides is 4. The van der Waals surface area contributed by atoms with Gasteiger partial charge < -0.3 is 15.1 Å². The molecule has 4 amide bonds. The fourth-order valence-corrected chi connectivity index (χ4v) is 5.38. The molecule has 170 valence electrons. The molecule has 5 rings (SSSR count). The van der Waals surface area contributed by atoms with Crippen molar-refractivity contribution in [3.63, 3.8) is 0 Å². The molecule has 3 fully saturated rings. The van der Waals surface area contributed by atoms with E-state index in [0.717, 1.165) is 56.7 Å². The van der Waals surface area contributed by atoms with Crippen LogP contribution >= 0.6 is 0 Å². The van der Waals surface area contributed by atoms with Crippen LogP contribution in [0.15, 0.2) is 18.2 Å². The second kappa shape index (κ2) is 8.63. The molecule has 2 N–H and O–H groups in total. The summed E-state index contributed by atoms with van der Waals surface area (Å²) in [7, 11) is 0. The van der Waals surface area contributed by atoms with E-state index in [9.17, 15) is 19.2 Å². The molecule has 9 heteroatoms. The van der Waals surface area contributed by atoms with Crippen LogP contribution in [0.4, 0.5) is 0 Å². The summed E-state index contributed by atoms with van der Waals surface area (Å²) in [5, 5.41) is 5.47. The standard InChI is InChI=1S/C23H29N5O4/c29-20-4-3-19(22(31)25-20)28-14-16-11-15(1-2-18(16)23(28)32)13-26-8-5-17(6-9-26)27-10-7-24-12-21(27)30/h1-2,11,17,19,24H,3-10,12-14H2,(H,25,29,31). The highest BCUT2D eigenvalue weighted by atomic mass is 16.2. The lowest BCUT2D eigenvalue weighted by atomic mass is 10.0. The molecule has 32 heavy (non-hydrogen) atoms. The summed E-state index contributed by atoms with van der Waals surface area (Å²) < 4.78 is 0. The summed E-state index contributed by atoms with van der Waals surface area (Å²) in [4.78, 5) is 54.7. The maximum atomic E-state index is 12.9. The van der Waals surface area contributed by atoms with Gasteiger partial charge in [-0.2, -0.15) is 0 Å². The smallest absolute Gasteiger partial charge is 0.255 e. The SMILES string of the molecule is O=C1CCC(N2Cc3cc(CN4CCC(N5CCNCC5=O)CC4)ccc3C2=O)C(=O)N1. The van der Waals surface area contributed by atoms with Gasteiger partial charge in [-0.15, -0.1) is 0 Å². The van der Waals surface area contributed by atoms with Crippen LogP contribution in [0.5, 0.6) is 0 Å². The first kappa shape index (κ1) is 21.1. The van der Waals surface area contributed by atoms with E-state index >= 15 is 0 Å². The van der Waals surface area contributed by atoms with Crippen molar-refractivity contribution in [3.8, 4) is 0 Å². The van der Waals surface area contributed by atoms with E-state index in [-0.39, 0.29) is 30.0 Å². The normalized spacial score (nSPS) is 25.3. The number of rotatable bonds is 4. The lowest BCUT2D eigenvalue weighted by Gasteiger charge is -2.40. The highest BCUT2D eigenvalue weighted by Crippen LogP contribution is 2.29. The van der Waals surface area contributed by atoms with Crippen molar-refractivity contribution in [2.45, 2.75) is 50.9 Å². The second-order valence-electron chi connectivity index (χ2n) is 9.16. The number of carbonyl (C=O) groups is 4. The van der Waals surface area contributed by atoms with E-state index < -0.39 is 6.04 Å². The number of likely N-dealkylation sites (tertiary alicyclic amines) is 1. The number of imide groups is 1. The van der Waals surface area contributed by atoms with Crippen molar-refractivity contribution in [3.05, 3.63) is 34.9 Å². The number of piperidine rings is 2. The third kappa shape index (κ3) is 4.02. The van der Waals surface area contributed by atoms with Gasteiger partial charge in [-0.3, -0.25) is 29.4 Å². The summed E-state index contributed by atoms with van der Waals surface area (Å²) in [6.45, 7) is 5.22. The number of hydrogen-bond acceptors (Lipinski definition) is 6. The Hall–Kier alpha value is -2.78. The summed E-state index contributed by atoms with van der Waals surface area (Å²) >= 11 is 0. The molecule has 3 saturated heterocycles. The fraction of sp³-hybridized carbons (Fsp3) is 0.565. The Morgan fingerprint density at radius 3 is 2.53 bits per heavy atom. The van der Waals surface area contributed by atoms with Gasteiger partial charge in [0.15, 0.2) is 0 Å². The molecular formula is C23H29N5O4. The van der Waals surface area contributed by atoms with E-state index in [4.69, 9.17) is 0 Å². The molecule has 0 bridgehead atoms. The van der Waals surface area contributed by atoms with Crippen LogP contribution in [0.1, 0.15) is 47.2 Å². The van der Waals surface area contributed by atoms with Crippen LogP contribution in [0.25, 0.3) is 0 Å². The van der Waals surface area contributed by atoms with Gasteiger partial charge in [0.1, 0.15) is 6.04 Å². The number of fused-ring (bicyclic) bond motifs is 1. The Bertz CT molecular complexity index is 956. The van der Waals surface area contributed by atoms with Crippen molar-refractivity contribution >= 4 is 23.6 Å². The average Bonchev–Trinajstić information content (AvgIpc) is 3.10. The van der Waals surface area contributed by atoms with E-state index in [2.05, 4.69) is 21.6 Å². The first-order valence-electron chi connectivity index (χ1n) is 11.5. The number of hydrogen-bond donors (Lipinski definition) is 2. The van der Waals surface area contributed by atoms with Gasteiger partial charge in [-0.1, -0.05) is 12.1 Å². The van der Waals surface area contributed by atoms with Gasteiger partial charge in [0, 0.05) is 57.3 Å². The third-order valence-corrected chi connectivity index (χ3v) is 7.12. The van der Waals surface area contributed by atoms with E-state index in [1.165, 1.54) is 0 Å². The zero-order valence-electron chi connectivity index (χ0n) is 18.1. The maximum Gasteiger partial charge on any atom is 0.255 e. The van der Waals surface area contributed by atoms with Gasteiger partial charge in [0.05, 0.1) is 6.54 Å². The molecule has 4 heterocycles. The van der Waals surface area contributed by atoms with E-state index in [0.29, 0.717) is 31.1 Å². The molecule has 0 aliphatic carbocycles. The molecule has 1 unspecified atom stereocenters. The van der Waals surface area contributed by atoms with Crippen molar-refractivity contribution in [1.29, 1.82) is 0 Å². The van der Waals surface area contributed by atoms with Gasteiger partial charge in [0.25, 0.3) is 5.91 Å². The average molecular weight is 440 g/mol. The van der Waals surface area contributed by atoms with Gasteiger partial charge >= 0.3 is 0 Å². The van der Waals surface area contributed by atoms with Crippen molar-refractivity contribution in [2.75, 3.05) is 32.7 Å². The summed E-state index contributed by atoms with van der Waals surface area (Å²) in [5.74, 6) is -0.586. The zero-order valence-corrected chi connectivity index (χ0v) is 18.1. The minimum atomic E-state index is -0.581. The second-order valence-corrected chi connectivity index (χ2v) is 9.16. The summed E-state index contributed by atoms with van der Waals surface area (Å²) in [5.41, 5.74) is 2.74. The van der Waals surface area contributed by atoms with Crippen molar-refractivity contribution in [2.24, 2.45) is 0 Å². The number of piperazine rings is 1. The molecule has 1 aromatic carbocycles. The first-order chi connectivity index (χ1) is 15.5. The number of carbonyl (C=O) groups excluding carboxylic acids is 4. The predicted molar refractivity (Wildman–Crippen MR) is 115 cm³/mol.